The van der Waals surface area contributed by atoms with E-state index in [1.165, 1.54) is 0 Å². The Hall–Kier alpha value is -6.60. The topological polar surface area (TPSA) is 241 Å². The number of hydrogen-bond acceptors (Lipinski definition) is 16. The van der Waals surface area contributed by atoms with E-state index in [1.54, 1.807) is 14.1 Å². The summed E-state index contributed by atoms with van der Waals surface area (Å²) in [5, 5.41) is 45.7. The number of aromatic nitrogens is 6. The third kappa shape index (κ3) is 14.7. The van der Waals surface area contributed by atoms with Crippen LogP contribution >= 0.6 is 24.4 Å². The Bertz CT molecular complexity index is 2920. The van der Waals surface area contributed by atoms with Gasteiger partial charge >= 0.3 is 11.9 Å². The molecule has 77 heavy (non-hydrogen) atoms. The van der Waals surface area contributed by atoms with Gasteiger partial charge in [0, 0.05) is 67.6 Å². The van der Waals surface area contributed by atoms with E-state index in [2.05, 4.69) is 53.8 Å². The number of benzene rings is 2. The predicted octanol–water partition coefficient (Wildman–Crippen LogP) is 5.20. The number of thiocarbonyl (C=S) groups is 2. The molecule has 0 aliphatic carbocycles. The van der Waals surface area contributed by atoms with Crippen LogP contribution in [0.15, 0.2) is 85.2 Å². The number of carboxylic acid groups (broad SMARTS) is 1. The highest BCUT2D eigenvalue weighted by atomic mass is 32.1. The number of anilines is 4. The molecule has 8 N–H and O–H groups in total. The third-order valence-corrected chi connectivity index (χ3v) is 14.2. The van der Waals surface area contributed by atoms with Crippen LogP contribution in [0.25, 0.3) is 33.8 Å². The zero-order chi connectivity index (χ0) is 54.6. The van der Waals surface area contributed by atoms with Crippen molar-refractivity contribution in [3.63, 3.8) is 0 Å². The first-order valence-electron chi connectivity index (χ1n) is 26.4. The number of carboxylic acids is 1. The maximum atomic E-state index is 12.1. The fourth-order valence-electron chi connectivity index (χ4n) is 9.92. The second-order valence-electron chi connectivity index (χ2n) is 20.1. The van der Waals surface area contributed by atoms with E-state index in [0.717, 1.165) is 97.0 Å². The molecule has 412 valence electrons. The third-order valence-electron chi connectivity index (χ3n) is 13.7. The first kappa shape index (κ1) is 56.6. The summed E-state index contributed by atoms with van der Waals surface area (Å²) in [5.74, 6) is 2.51. The molecule has 0 unspecified atom stereocenters. The van der Waals surface area contributed by atoms with Crippen molar-refractivity contribution < 1.29 is 34.0 Å². The number of aliphatic hydroxyl groups excluding tert-OH is 1. The maximum Gasteiger partial charge on any atom is 0.323 e. The van der Waals surface area contributed by atoms with Gasteiger partial charge in [-0.05, 0) is 149 Å². The summed E-state index contributed by atoms with van der Waals surface area (Å²) in [4.78, 5) is 37.0. The molecule has 23 heteroatoms. The number of carbonyl (C=O) groups is 2. The van der Waals surface area contributed by atoms with Gasteiger partial charge in [0.2, 0.25) is 0 Å². The van der Waals surface area contributed by atoms with Crippen molar-refractivity contribution in [2.45, 2.75) is 89.9 Å². The van der Waals surface area contributed by atoms with Gasteiger partial charge in [0.1, 0.15) is 29.7 Å². The lowest BCUT2D eigenvalue weighted by atomic mass is 10.1. The molecule has 0 radical (unpaired) electrons. The van der Waals surface area contributed by atoms with Gasteiger partial charge in [0.25, 0.3) is 0 Å². The molecule has 10 rings (SSSR count). The molecule has 4 aliphatic heterocycles. The van der Waals surface area contributed by atoms with E-state index in [9.17, 15) is 9.59 Å². The number of nitrogens with zero attached hydrogens (tertiary/aromatic N) is 8. The highest BCUT2D eigenvalue weighted by Gasteiger charge is 2.36. The summed E-state index contributed by atoms with van der Waals surface area (Å²) in [6, 6.07) is 23.1. The van der Waals surface area contributed by atoms with Crippen LogP contribution in [0.4, 0.5) is 23.0 Å². The normalized spacial score (nSPS) is 19.2. The Balaban J connectivity index is 0.000000179. The van der Waals surface area contributed by atoms with Crippen molar-refractivity contribution in [3.8, 4) is 22.8 Å². The summed E-state index contributed by atoms with van der Waals surface area (Å²) in [7, 11) is 3.41. The number of aliphatic carboxylic acids is 1. The van der Waals surface area contributed by atoms with Crippen LogP contribution in [-0.2, 0) is 23.8 Å². The molecule has 4 aromatic heterocycles. The number of nitrogens with one attached hydrogen (secondary N) is 6. The van der Waals surface area contributed by atoms with Gasteiger partial charge in [-0.15, -0.1) is 10.2 Å². The number of hydrogen-bond donors (Lipinski definition) is 8. The molecular weight excluding hydrogens is 1020 g/mol. The molecule has 2 aromatic carbocycles. The number of aliphatic hydroxyl groups is 1. The molecule has 4 bridgehead atoms. The number of likely N-dealkylation sites (N-methyl/N-ethyl adjacent to an activating group) is 2. The first-order valence-corrected chi connectivity index (χ1v) is 27.2. The van der Waals surface area contributed by atoms with Crippen molar-refractivity contribution in [2.24, 2.45) is 11.8 Å². The van der Waals surface area contributed by atoms with Crippen molar-refractivity contribution in [1.82, 2.24) is 50.5 Å². The minimum Gasteiger partial charge on any atom is -0.480 e. The van der Waals surface area contributed by atoms with Gasteiger partial charge in [-0.25, -0.2) is 19.0 Å². The number of fused-ring (bicyclic) bond motifs is 6. The van der Waals surface area contributed by atoms with Crippen molar-refractivity contribution in [1.29, 1.82) is 0 Å². The predicted molar refractivity (Wildman–Crippen MR) is 307 cm³/mol. The van der Waals surface area contributed by atoms with Gasteiger partial charge in [0.05, 0.1) is 37.6 Å². The number of morpholine rings is 2. The summed E-state index contributed by atoms with van der Waals surface area (Å²) in [6.07, 6.45) is 9.54. The monoisotopic (exact) mass is 1090 g/mol. The Labute approximate surface area is 459 Å². The standard InChI is InChI=1S/C27H35N7O3S.C21H24N6O2S.C6H13NO2/c1-17(2)23(28-3)26(35)36-14-12-29-27(38)30-19-8-6-18(7-9-19)24-31-25(22-5-4-13-34(22)32-24)33-15-20-10-11-21(16-33)37-20;28-11-9-22-21(30)23-15-5-3-14(4-6-15)19-24-20(18-2-1-10-27(18)25-19)26-12-16-7-8-17(13-26)29-16;1-4(2)5(7-3)6(8)9/h4-9,13,17,20-21,23,28H,10-12,14-16H2,1-3H3,(H2,29,30,38);1-6,10,16-17,28H,7-9,11-13H2,(H2,22,23,30);4-5,7H,1-3H3,(H,8,9)/t20-,21+,23-;16-,17+;5-/m0.0/s1. The molecular formula is C54H72N14O7S2. The van der Waals surface area contributed by atoms with Gasteiger partial charge in [-0.2, -0.15) is 0 Å². The Morgan fingerprint density at radius 3 is 1.43 bits per heavy atom. The average molecular weight is 1090 g/mol. The summed E-state index contributed by atoms with van der Waals surface area (Å²) in [5.41, 5.74) is 5.56. The fraction of sp³-hybridized carbons (Fsp3) is 0.481. The summed E-state index contributed by atoms with van der Waals surface area (Å²) < 4.78 is 21.2. The number of rotatable bonds is 17. The quantitative estimate of drug-likeness (QED) is 0.0333. The van der Waals surface area contributed by atoms with Crippen LogP contribution in [0.2, 0.25) is 0 Å². The first-order chi connectivity index (χ1) is 37.2. The van der Waals surface area contributed by atoms with Crippen LogP contribution in [0.3, 0.4) is 0 Å². The Morgan fingerprint density at radius 1 is 0.649 bits per heavy atom. The SMILES string of the molecule is CN[C@H](C(=O)O)C(C)C.CN[C@H](C(=O)OCCNC(=S)Nc1ccc(-c2nc(N3C[C@H]4CC[C@@H](C3)O4)c3cccn3n2)cc1)C(C)C.OCCNC(=S)Nc1ccc(-c2nc(N3C[C@H]4CC[C@@H](C3)O4)c3cccn3n2)cc1. The van der Waals surface area contributed by atoms with Crippen LogP contribution in [0.1, 0.15) is 53.4 Å². The molecule has 4 saturated heterocycles. The van der Waals surface area contributed by atoms with Gasteiger partial charge in [-0.3, -0.25) is 9.59 Å². The van der Waals surface area contributed by atoms with Crippen LogP contribution in [-0.4, -0.2) is 165 Å². The van der Waals surface area contributed by atoms with E-state index < -0.39 is 12.0 Å². The summed E-state index contributed by atoms with van der Waals surface area (Å²) >= 11 is 10.6. The number of ether oxygens (including phenoxy) is 3. The molecule has 0 saturated carbocycles. The average Bonchev–Trinajstić information content (AvgIpc) is 4.26. The van der Waals surface area contributed by atoms with Crippen LogP contribution in [0.5, 0.6) is 0 Å². The van der Waals surface area contributed by atoms with Gasteiger partial charge in [0.15, 0.2) is 33.5 Å². The van der Waals surface area contributed by atoms with E-state index >= 15 is 0 Å². The highest BCUT2D eigenvalue weighted by Crippen LogP contribution is 2.34. The minimum absolute atomic E-state index is 0.0347. The van der Waals surface area contributed by atoms with Crippen molar-refractivity contribution in [3.05, 3.63) is 85.2 Å². The van der Waals surface area contributed by atoms with Crippen molar-refractivity contribution in [2.75, 3.05) is 87.0 Å². The second kappa shape index (κ2) is 26.6. The molecule has 4 aliphatic rings. The largest absolute Gasteiger partial charge is 0.480 e. The molecule has 8 heterocycles. The smallest absolute Gasteiger partial charge is 0.323 e. The van der Waals surface area contributed by atoms with Gasteiger partial charge in [-0.1, -0.05) is 27.7 Å². The molecule has 0 spiro atoms. The Morgan fingerprint density at radius 2 is 1.06 bits per heavy atom. The maximum absolute atomic E-state index is 12.1. The van der Waals surface area contributed by atoms with E-state index in [4.69, 9.17) is 69.0 Å². The van der Waals surface area contributed by atoms with Gasteiger partial charge < -0.3 is 66.1 Å². The second-order valence-corrected chi connectivity index (χ2v) is 20.9. The molecule has 6 atom stereocenters. The zero-order valence-corrected chi connectivity index (χ0v) is 46.1. The fourth-order valence-corrected chi connectivity index (χ4v) is 10.4. The van der Waals surface area contributed by atoms with E-state index in [1.807, 2.05) is 110 Å². The lowest BCUT2D eigenvalue weighted by Gasteiger charge is -2.33. The molecule has 21 nitrogen and oxygen atoms in total. The number of carbonyl (C=O) groups excluding carboxylic acids is 1. The lowest BCUT2D eigenvalue weighted by Crippen LogP contribution is -2.43. The molecule has 4 fully saturated rings. The van der Waals surface area contributed by atoms with Crippen LogP contribution < -0.4 is 41.7 Å². The van der Waals surface area contributed by atoms with E-state index in [-0.39, 0.29) is 49.3 Å². The zero-order valence-electron chi connectivity index (χ0n) is 44.5. The van der Waals surface area contributed by atoms with E-state index in [0.29, 0.717) is 47.2 Å². The molecule has 0 amide bonds. The minimum atomic E-state index is -0.785. The van der Waals surface area contributed by atoms with Crippen LogP contribution in [0, 0.1) is 11.8 Å². The molecule has 6 aromatic rings. The Kier molecular flexibility index (Phi) is 19.6. The lowest BCUT2D eigenvalue weighted by molar-refractivity contribution is -0.147. The summed E-state index contributed by atoms with van der Waals surface area (Å²) in [6.45, 7) is 12.2. The number of esters is 1. The van der Waals surface area contributed by atoms with Crippen molar-refractivity contribution >= 4 is 80.6 Å². The highest BCUT2D eigenvalue weighted by molar-refractivity contribution is 7.80.